The molecule has 0 amide bonds. The number of nitrogens with zero attached hydrogens (tertiary/aromatic N) is 4. The van der Waals surface area contributed by atoms with Crippen molar-refractivity contribution >= 4 is 23.5 Å². The lowest BCUT2D eigenvalue weighted by atomic mass is 10.1. The zero-order chi connectivity index (χ0) is 19.5. The Kier molecular flexibility index (Phi) is 5.43. The Labute approximate surface area is 149 Å². The lowest BCUT2D eigenvalue weighted by Crippen LogP contribution is -2.28. The highest BCUT2D eigenvalue weighted by atomic mass is 19.4. The van der Waals surface area contributed by atoms with Crippen molar-refractivity contribution in [1.82, 2.24) is 15.0 Å². The number of benzene rings is 1. The molecule has 2 rings (SSSR count). The number of aromatic nitrogens is 3. The molecule has 0 spiro atoms. The van der Waals surface area contributed by atoms with Gasteiger partial charge in [-0.05, 0) is 45.0 Å². The molecule has 0 aliphatic heterocycles. The second kappa shape index (κ2) is 7.22. The van der Waals surface area contributed by atoms with Gasteiger partial charge in [0.2, 0.25) is 17.8 Å². The molecule has 0 aliphatic carbocycles. The fourth-order valence-corrected chi connectivity index (χ4v) is 1.88. The van der Waals surface area contributed by atoms with Gasteiger partial charge in [0, 0.05) is 25.3 Å². The van der Waals surface area contributed by atoms with Gasteiger partial charge in [0.15, 0.2) is 0 Å². The minimum Gasteiger partial charge on any atom is -0.406 e. The summed E-state index contributed by atoms with van der Waals surface area (Å²) >= 11 is 0. The molecule has 0 aliphatic rings. The van der Waals surface area contributed by atoms with Crippen molar-refractivity contribution < 1.29 is 17.9 Å². The van der Waals surface area contributed by atoms with E-state index in [1.165, 1.54) is 24.3 Å². The molecule has 1 aromatic heterocycles. The van der Waals surface area contributed by atoms with E-state index in [1.54, 1.807) is 19.0 Å². The molecule has 2 aromatic rings. The Morgan fingerprint density at radius 1 is 0.923 bits per heavy atom. The lowest BCUT2D eigenvalue weighted by molar-refractivity contribution is -0.274. The van der Waals surface area contributed by atoms with Gasteiger partial charge in [0.1, 0.15) is 5.75 Å². The van der Waals surface area contributed by atoms with Crippen LogP contribution in [0.5, 0.6) is 5.75 Å². The van der Waals surface area contributed by atoms with Crippen LogP contribution < -0.4 is 20.3 Å². The number of hydrogen-bond donors (Lipinski definition) is 2. The maximum absolute atomic E-state index is 12.2. The van der Waals surface area contributed by atoms with Gasteiger partial charge in [-0.15, -0.1) is 13.2 Å². The molecule has 0 unspecified atom stereocenters. The molecule has 7 nitrogen and oxygen atoms in total. The minimum absolute atomic E-state index is 0.251. The molecule has 2 N–H and O–H groups in total. The molecule has 0 saturated carbocycles. The smallest absolute Gasteiger partial charge is 0.406 e. The van der Waals surface area contributed by atoms with Crippen LogP contribution in [-0.4, -0.2) is 40.9 Å². The summed E-state index contributed by atoms with van der Waals surface area (Å²) < 4.78 is 40.5. The summed E-state index contributed by atoms with van der Waals surface area (Å²) in [5.74, 6) is 0.782. The molecule has 1 aromatic carbocycles. The molecule has 10 heteroatoms. The first kappa shape index (κ1) is 19.5. The van der Waals surface area contributed by atoms with Gasteiger partial charge in [-0.3, -0.25) is 0 Å². The molecule has 142 valence electrons. The highest BCUT2D eigenvalue weighted by Gasteiger charge is 2.30. The second-order valence-corrected chi connectivity index (χ2v) is 6.75. The SMILES string of the molecule is CN(C)c1nc(Nc2ccc(OC(F)(F)F)cc2)nc(NC(C)(C)C)n1. The number of hydrogen-bond acceptors (Lipinski definition) is 7. The topological polar surface area (TPSA) is 75.2 Å². The molecule has 1 heterocycles. The highest BCUT2D eigenvalue weighted by molar-refractivity contribution is 5.57. The normalized spacial score (nSPS) is 11.8. The summed E-state index contributed by atoms with van der Waals surface area (Å²) in [5, 5.41) is 6.11. The van der Waals surface area contributed by atoms with E-state index in [2.05, 4.69) is 30.3 Å². The standard InChI is InChI=1S/C16H21F3N6O/c1-15(2,3)24-13-21-12(22-14(23-13)25(4)5)20-10-6-8-11(9-7-10)26-16(17,18)19/h6-9H,1-5H3,(H2,20,21,22,23,24). The van der Waals surface area contributed by atoms with Crippen LogP contribution in [-0.2, 0) is 0 Å². The van der Waals surface area contributed by atoms with Crippen molar-refractivity contribution in [2.24, 2.45) is 0 Å². The zero-order valence-electron chi connectivity index (χ0n) is 15.1. The van der Waals surface area contributed by atoms with Gasteiger partial charge in [-0.25, -0.2) is 0 Å². The molecule has 0 radical (unpaired) electrons. The number of anilines is 4. The van der Waals surface area contributed by atoms with Crippen LogP contribution in [0, 0.1) is 0 Å². The molecule has 0 saturated heterocycles. The summed E-state index contributed by atoms with van der Waals surface area (Å²) in [6, 6.07) is 5.30. The Bertz CT molecular complexity index is 741. The van der Waals surface area contributed by atoms with E-state index in [9.17, 15) is 13.2 Å². The Balaban J connectivity index is 2.22. The van der Waals surface area contributed by atoms with Gasteiger partial charge in [-0.2, -0.15) is 15.0 Å². The number of alkyl halides is 3. The summed E-state index contributed by atoms with van der Waals surface area (Å²) in [7, 11) is 3.59. The first-order valence-electron chi connectivity index (χ1n) is 7.76. The van der Waals surface area contributed by atoms with Crippen molar-refractivity contribution in [2.45, 2.75) is 32.7 Å². The summed E-state index contributed by atoms with van der Waals surface area (Å²) in [5.41, 5.74) is 0.260. The Hall–Kier alpha value is -2.78. The fourth-order valence-electron chi connectivity index (χ4n) is 1.88. The van der Waals surface area contributed by atoms with E-state index < -0.39 is 6.36 Å². The monoisotopic (exact) mass is 370 g/mol. The molecule has 26 heavy (non-hydrogen) atoms. The summed E-state index contributed by atoms with van der Waals surface area (Å²) in [4.78, 5) is 14.6. The first-order chi connectivity index (χ1) is 11.9. The van der Waals surface area contributed by atoms with Crippen molar-refractivity contribution in [3.63, 3.8) is 0 Å². The molecule has 0 fully saturated rings. The van der Waals surface area contributed by atoms with Gasteiger partial charge >= 0.3 is 6.36 Å². The predicted molar refractivity (Wildman–Crippen MR) is 93.9 cm³/mol. The van der Waals surface area contributed by atoms with E-state index in [4.69, 9.17) is 0 Å². The van der Waals surface area contributed by atoms with Gasteiger partial charge < -0.3 is 20.3 Å². The van der Waals surface area contributed by atoms with E-state index in [1.807, 2.05) is 20.8 Å². The third-order valence-electron chi connectivity index (χ3n) is 2.85. The van der Waals surface area contributed by atoms with Gasteiger partial charge in [0.05, 0.1) is 0 Å². The minimum atomic E-state index is -4.72. The maximum atomic E-state index is 12.2. The van der Waals surface area contributed by atoms with Crippen LogP contribution >= 0.6 is 0 Å². The summed E-state index contributed by atoms with van der Waals surface area (Å²) in [6.07, 6.45) is -4.72. The van der Waals surface area contributed by atoms with Gasteiger partial charge in [-0.1, -0.05) is 0 Å². The largest absolute Gasteiger partial charge is 0.573 e. The third kappa shape index (κ3) is 6.26. The first-order valence-corrected chi connectivity index (χ1v) is 7.76. The van der Waals surface area contributed by atoms with Crippen molar-refractivity contribution in [1.29, 1.82) is 0 Å². The average Bonchev–Trinajstić information content (AvgIpc) is 2.45. The van der Waals surface area contributed by atoms with E-state index in [0.29, 0.717) is 17.6 Å². The van der Waals surface area contributed by atoms with Crippen LogP contribution in [0.25, 0.3) is 0 Å². The van der Waals surface area contributed by atoms with E-state index in [0.717, 1.165) is 0 Å². The zero-order valence-corrected chi connectivity index (χ0v) is 15.1. The van der Waals surface area contributed by atoms with Crippen LogP contribution in [0.2, 0.25) is 0 Å². The number of ether oxygens (including phenoxy) is 1. The number of halogens is 3. The Morgan fingerprint density at radius 3 is 2.00 bits per heavy atom. The van der Waals surface area contributed by atoms with Crippen molar-refractivity contribution in [2.75, 3.05) is 29.6 Å². The van der Waals surface area contributed by atoms with Crippen molar-refractivity contribution in [3.8, 4) is 5.75 Å². The molecular weight excluding hydrogens is 349 g/mol. The quantitative estimate of drug-likeness (QED) is 0.829. The van der Waals surface area contributed by atoms with E-state index in [-0.39, 0.29) is 17.2 Å². The molecule has 0 atom stereocenters. The van der Waals surface area contributed by atoms with Gasteiger partial charge in [0.25, 0.3) is 0 Å². The average molecular weight is 370 g/mol. The fraction of sp³-hybridized carbons (Fsp3) is 0.438. The third-order valence-corrected chi connectivity index (χ3v) is 2.85. The molecule has 0 bridgehead atoms. The summed E-state index contributed by atoms with van der Waals surface area (Å²) in [6.45, 7) is 5.91. The van der Waals surface area contributed by atoms with Crippen LogP contribution in [0.4, 0.5) is 36.7 Å². The lowest BCUT2D eigenvalue weighted by Gasteiger charge is -2.22. The van der Waals surface area contributed by atoms with E-state index >= 15 is 0 Å². The van der Waals surface area contributed by atoms with Crippen LogP contribution in [0.15, 0.2) is 24.3 Å². The number of rotatable bonds is 5. The van der Waals surface area contributed by atoms with Crippen LogP contribution in [0.1, 0.15) is 20.8 Å². The number of nitrogens with one attached hydrogen (secondary N) is 2. The highest BCUT2D eigenvalue weighted by Crippen LogP contribution is 2.25. The second-order valence-electron chi connectivity index (χ2n) is 6.75. The van der Waals surface area contributed by atoms with Crippen molar-refractivity contribution in [3.05, 3.63) is 24.3 Å². The maximum Gasteiger partial charge on any atom is 0.573 e. The Morgan fingerprint density at radius 2 is 1.50 bits per heavy atom. The predicted octanol–water partition coefficient (Wildman–Crippen LogP) is 3.79. The molecular formula is C16H21F3N6O. The van der Waals surface area contributed by atoms with Crippen LogP contribution in [0.3, 0.4) is 0 Å².